The van der Waals surface area contributed by atoms with Crippen LogP contribution in [-0.2, 0) is 14.8 Å². The number of hydrogen-bond acceptors (Lipinski definition) is 4. The normalized spacial score (nSPS) is 20.8. The molecule has 1 heterocycles. The number of nitrogens with zero attached hydrogens (tertiary/aromatic N) is 1. The Kier molecular flexibility index (Phi) is 5.17. The van der Waals surface area contributed by atoms with Gasteiger partial charge in [0.05, 0.1) is 11.2 Å². The number of carbonyl (C=O) groups is 2. The lowest BCUT2D eigenvalue weighted by Gasteiger charge is -2.20. The Hall–Kier alpha value is -2.09. The number of anilines is 1. The maximum absolute atomic E-state index is 12.5. The molecule has 1 unspecified atom stereocenters. The standard InChI is InChI=1S/C16H22N2O5S/c1-3-10-24(22,23)17-13-6-4-12(5-7-13)14(19)18-9-8-16(2,11-18)15(20)21/h4-7,17H,3,8-11H2,1-2H3,(H,20,21). The van der Waals surface area contributed by atoms with Crippen LogP contribution in [0.4, 0.5) is 5.69 Å². The van der Waals surface area contributed by atoms with Gasteiger partial charge in [-0.1, -0.05) is 6.92 Å². The second-order valence-corrected chi connectivity index (χ2v) is 8.18. The van der Waals surface area contributed by atoms with E-state index in [1.807, 2.05) is 0 Å². The molecule has 132 valence electrons. The van der Waals surface area contributed by atoms with E-state index in [0.717, 1.165) is 0 Å². The molecule has 2 rings (SSSR count). The molecule has 7 nitrogen and oxygen atoms in total. The van der Waals surface area contributed by atoms with Crippen LogP contribution in [0.3, 0.4) is 0 Å². The highest BCUT2D eigenvalue weighted by Crippen LogP contribution is 2.31. The number of carboxylic acid groups (broad SMARTS) is 1. The topological polar surface area (TPSA) is 104 Å². The Bertz CT molecular complexity index is 729. The smallest absolute Gasteiger partial charge is 0.311 e. The summed E-state index contributed by atoms with van der Waals surface area (Å²) in [7, 11) is -3.37. The van der Waals surface area contributed by atoms with Crippen molar-refractivity contribution in [3.8, 4) is 0 Å². The first-order chi connectivity index (χ1) is 11.2. The van der Waals surface area contributed by atoms with Gasteiger partial charge in [0, 0.05) is 24.3 Å². The van der Waals surface area contributed by atoms with Crippen LogP contribution in [0.25, 0.3) is 0 Å². The number of rotatable bonds is 6. The molecule has 1 aliphatic heterocycles. The predicted octanol–water partition coefficient (Wildman–Crippen LogP) is 1.78. The van der Waals surface area contributed by atoms with Crippen molar-refractivity contribution in [2.75, 3.05) is 23.6 Å². The highest BCUT2D eigenvalue weighted by Gasteiger charge is 2.42. The van der Waals surface area contributed by atoms with Crippen molar-refractivity contribution in [3.63, 3.8) is 0 Å². The van der Waals surface area contributed by atoms with E-state index in [0.29, 0.717) is 30.6 Å². The molecule has 1 amide bonds. The first-order valence-electron chi connectivity index (χ1n) is 7.80. The van der Waals surface area contributed by atoms with E-state index in [-0.39, 0.29) is 18.2 Å². The lowest BCUT2D eigenvalue weighted by molar-refractivity contribution is -0.147. The summed E-state index contributed by atoms with van der Waals surface area (Å²) in [5.74, 6) is -1.11. The van der Waals surface area contributed by atoms with Gasteiger partial charge in [-0.15, -0.1) is 0 Å². The highest BCUT2D eigenvalue weighted by atomic mass is 32.2. The Morgan fingerprint density at radius 1 is 1.29 bits per heavy atom. The van der Waals surface area contributed by atoms with Gasteiger partial charge >= 0.3 is 5.97 Å². The average molecular weight is 354 g/mol. The first-order valence-corrected chi connectivity index (χ1v) is 9.45. The van der Waals surface area contributed by atoms with Gasteiger partial charge in [-0.05, 0) is 44.0 Å². The summed E-state index contributed by atoms with van der Waals surface area (Å²) in [6.45, 7) is 3.98. The molecule has 0 spiro atoms. The van der Waals surface area contributed by atoms with Crippen molar-refractivity contribution in [1.29, 1.82) is 0 Å². The molecule has 24 heavy (non-hydrogen) atoms. The monoisotopic (exact) mass is 354 g/mol. The van der Waals surface area contributed by atoms with Crippen LogP contribution in [-0.4, -0.2) is 49.1 Å². The zero-order valence-corrected chi connectivity index (χ0v) is 14.6. The summed E-state index contributed by atoms with van der Waals surface area (Å²) in [6, 6.07) is 6.16. The minimum absolute atomic E-state index is 0.0369. The molecule has 0 radical (unpaired) electrons. The van der Waals surface area contributed by atoms with E-state index in [1.165, 1.54) is 17.0 Å². The van der Waals surface area contributed by atoms with Crippen LogP contribution in [0.2, 0.25) is 0 Å². The molecule has 0 aromatic heterocycles. The third kappa shape index (κ3) is 4.05. The Morgan fingerprint density at radius 2 is 1.92 bits per heavy atom. The number of carbonyl (C=O) groups excluding carboxylic acids is 1. The molecule has 1 aliphatic rings. The van der Waals surface area contributed by atoms with Crippen molar-refractivity contribution in [2.24, 2.45) is 5.41 Å². The summed E-state index contributed by atoms with van der Waals surface area (Å²) in [5, 5.41) is 9.23. The fraction of sp³-hybridized carbons (Fsp3) is 0.500. The SMILES string of the molecule is CCCS(=O)(=O)Nc1ccc(C(=O)N2CCC(C)(C(=O)O)C2)cc1. The fourth-order valence-corrected chi connectivity index (χ4v) is 3.81. The number of amides is 1. The lowest BCUT2D eigenvalue weighted by atomic mass is 9.90. The van der Waals surface area contributed by atoms with E-state index >= 15 is 0 Å². The average Bonchev–Trinajstić information content (AvgIpc) is 2.91. The van der Waals surface area contributed by atoms with Crippen LogP contribution < -0.4 is 4.72 Å². The fourth-order valence-electron chi connectivity index (χ4n) is 2.67. The molecular weight excluding hydrogens is 332 g/mol. The molecule has 1 saturated heterocycles. The predicted molar refractivity (Wildman–Crippen MR) is 90.4 cm³/mol. The zero-order chi connectivity index (χ0) is 18.0. The summed E-state index contributed by atoms with van der Waals surface area (Å²) in [5.41, 5.74) is -0.106. The van der Waals surface area contributed by atoms with Gasteiger partial charge in [0.15, 0.2) is 0 Å². The van der Waals surface area contributed by atoms with Crippen molar-refractivity contribution in [2.45, 2.75) is 26.7 Å². The largest absolute Gasteiger partial charge is 0.481 e. The molecule has 1 atom stereocenters. The van der Waals surface area contributed by atoms with Crippen LogP contribution in [0.15, 0.2) is 24.3 Å². The van der Waals surface area contributed by atoms with Gasteiger partial charge in [0.2, 0.25) is 10.0 Å². The van der Waals surface area contributed by atoms with Crippen molar-refractivity contribution < 1.29 is 23.1 Å². The quantitative estimate of drug-likeness (QED) is 0.810. The molecular formula is C16H22N2O5S. The van der Waals surface area contributed by atoms with Gasteiger partial charge < -0.3 is 10.0 Å². The Balaban J connectivity index is 2.06. The van der Waals surface area contributed by atoms with Gasteiger partial charge in [-0.25, -0.2) is 8.42 Å². The maximum Gasteiger partial charge on any atom is 0.311 e. The van der Waals surface area contributed by atoms with Crippen LogP contribution >= 0.6 is 0 Å². The number of carboxylic acids is 1. The van der Waals surface area contributed by atoms with Gasteiger partial charge in [0.1, 0.15) is 0 Å². The third-order valence-corrected chi connectivity index (χ3v) is 5.65. The van der Waals surface area contributed by atoms with E-state index < -0.39 is 21.4 Å². The van der Waals surface area contributed by atoms with E-state index in [1.54, 1.807) is 26.0 Å². The molecule has 1 aromatic rings. The molecule has 0 bridgehead atoms. The van der Waals surface area contributed by atoms with E-state index in [9.17, 15) is 23.1 Å². The number of benzene rings is 1. The number of nitrogens with one attached hydrogen (secondary N) is 1. The summed E-state index contributed by atoms with van der Waals surface area (Å²) >= 11 is 0. The number of hydrogen-bond donors (Lipinski definition) is 2. The van der Waals surface area contributed by atoms with Crippen molar-refractivity contribution in [1.82, 2.24) is 4.90 Å². The molecule has 0 saturated carbocycles. The van der Waals surface area contributed by atoms with Crippen molar-refractivity contribution >= 4 is 27.6 Å². The molecule has 2 N–H and O–H groups in total. The Labute approximate surface area is 141 Å². The number of sulfonamides is 1. The highest BCUT2D eigenvalue weighted by molar-refractivity contribution is 7.92. The molecule has 1 aromatic carbocycles. The third-order valence-electron chi connectivity index (χ3n) is 4.15. The van der Waals surface area contributed by atoms with Gasteiger partial charge in [-0.2, -0.15) is 0 Å². The van der Waals surface area contributed by atoms with Crippen LogP contribution in [0.5, 0.6) is 0 Å². The second kappa shape index (κ2) is 6.80. The Morgan fingerprint density at radius 3 is 2.42 bits per heavy atom. The molecule has 1 fully saturated rings. The van der Waals surface area contributed by atoms with Crippen molar-refractivity contribution in [3.05, 3.63) is 29.8 Å². The maximum atomic E-state index is 12.5. The summed E-state index contributed by atoms with van der Waals surface area (Å²) < 4.78 is 25.9. The zero-order valence-electron chi connectivity index (χ0n) is 13.8. The number of aliphatic carboxylic acids is 1. The molecule has 8 heteroatoms. The van der Waals surface area contributed by atoms with Crippen LogP contribution in [0.1, 0.15) is 37.0 Å². The minimum atomic E-state index is -3.37. The second-order valence-electron chi connectivity index (χ2n) is 6.34. The van der Waals surface area contributed by atoms with Gasteiger partial charge in [0.25, 0.3) is 5.91 Å². The first kappa shape index (κ1) is 18.3. The van der Waals surface area contributed by atoms with Gasteiger partial charge in [-0.3, -0.25) is 14.3 Å². The van der Waals surface area contributed by atoms with E-state index in [2.05, 4.69) is 4.72 Å². The minimum Gasteiger partial charge on any atom is -0.481 e. The number of likely N-dealkylation sites (tertiary alicyclic amines) is 1. The lowest BCUT2D eigenvalue weighted by Crippen LogP contribution is -2.34. The van der Waals surface area contributed by atoms with Crippen LogP contribution in [0, 0.1) is 5.41 Å². The van der Waals surface area contributed by atoms with E-state index in [4.69, 9.17) is 0 Å². The summed E-state index contributed by atoms with van der Waals surface area (Å²) in [6.07, 6.45) is 0.937. The molecule has 0 aliphatic carbocycles. The summed E-state index contributed by atoms with van der Waals surface area (Å²) in [4.78, 5) is 25.2.